The molecule has 2 N–H and O–H groups in total. The van der Waals surface area contributed by atoms with Gasteiger partial charge in [0.15, 0.2) is 0 Å². The molecular formula is C12H14FN3O. The van der Waals surface area contributed by atoms with E-state index in [9.17, 15) is 4.39 Å². The number of nitrogens with zero attached hydrogens (tertiary/aromatic N) is 2. The maximum atomic E-state index is 13.3. The largest absolute Gasteiger partial charge is 0.496 e. The highest BCUT2D eigenvalue weighted by molar-refractivity contribution is 5.37. The maximum absolute atomic E-state index is 13.3. The van der Waals surface area contributed by atoms with Crippen LogP contribution >= 0.6 is 0 Å². The van der Waals surface area contributed by atoms with Crippen LogP contribution in [0.1, 0.15) is 11.6 Å². The summed E-state index contributed by atoms with van der Waals surface area (Å²) in [6, 6.07) is 5.96. The van der Waals surface area contributed by atoms with Crippen LogP contribution in [0.2, 0.25) is 0 Å². The van der Waals surface area contributed by atoms with Crippen LogP contribution in [0.15, 0.2) is 36.7 Å². The zero-order valence-corrected chi connectivity index (χ0v) is 9.51. The van der Waals surface area contributed by atoms with Crippen LogP contribution in [-0.4, -0.2) is 23.4 Å². The number of aromatic nitrogens is 2. The third-order valence-corrected chi connectivity index (χ3v) is 2.62. The molecule has 0 saturated carbocycles. The smallest absolute Gasteiger partial charge is 0.124 e. The average Bonchev–Trinajstić information content (AvgIpc) is 2.84. The Morgan fingerprint density at radius 3 is 2.94 bits per heavy atom. The third kappa shape index (κ3) is 2.29. The first-order valence-corrected chi connectivity index (χ1v) is 5.29. The van der Waals surface area contributed by atoms with E-state index in [0.717, 1.165) is 0 Å². The molecule has 0 aliphatic heterocycles. The second-order valence-corrected chi connectivity index (χ2v) is 3.62. The third-order valence-electron chi connectivity index (χ3n) is 2.62. The van der Waals surface area contributed by atoms with Crippen LogP contribution in [0.25, 0.3) is 0 Å². The van der Waals surface area contributed by atoms with Crippen LogP contribution in [0.4, 0.5) is 4.39 Å². The van der Waals surface area contributed by atoms with Crippen LogP contribution in [0.3, 0.4) is 0 Å². The summed E-state index contributed by atoms with van der Waals surface area (Å²) in [5.74, 6) is 0.295. The number of hydrogen-bond donors (Lipinski definition) is 1. The van der Waals surface area contributed by atoms with Crippen molar-refractivity contribution < 1.29 is 9.13 Å². The molecule has 1 aromatic heterocycles. The van der Waals surface area contributed by atoms with E-state index in [4.69, 9.17) is 10.5 Å². The van der Waals surface area contributed by atoms with Gasteiger partial charge in [0, 0.05) is 24.5 Å². The zero-order chi connectivity index (χ0) is 12.3. The molecule has 0 saturated heterocycles. The number of benzene rings is 1. The zero-order valence-electron chi connectivity index (χ0n) is 9.51. The lowest BCUT2D eigenvalue weighted by Crippen LogP contribution is -2.21. The topological polar surface area (TPSA) is 53.1 Å². The molecule has 2 rings (SSSR count). The molecule has 2 aromatic rings. The van der Waals surface area contributed by atoms with Crippen molar-refractivity contribution >= 4 is 0 Å². The summed E-state index contributed by atoms with van der Waals surface area (Å²) < 4.78 is 20.2. The number of nitrogens with two attached hydrogens (primary N) is 1. The minimum absolute atomic E-state index is 0.226. The summed E-state index contributed by atoms with van der Waals surface area (Å²) in [7, 11) is 1.55. The summed E-state index contributed by atoms with van der Waals surface area (Å²) in [6.07, 6.45) is 3.45. The molecule has 0 bridgehead atoms. The normalized spacial score (nSPS) is 12.4. The Morgan fingerprint density at radius 2 is 2.35 bits per heavy atom. The molecule has 1 heterocycles. The Bertz CT molecular complexity index is 485. The van der Waals surface area contributed by atoms with Crippen LogP contribution in [-0.2, 0) is 0 Å². The molecule has 0 spiro atoms. The van der Waals surface area contributed by atoms with Crippen molar-refractivity contribution in [3.63, 3.8) is 0 Å². The van der Waals surface area contributed by atoms with Crippen molar-refractivity contribution in [1.82, 2.24) is 9.78 Å². The fraction of sp³-hybridized carbons (Fsp3) is 0.250. The summed E-state index contributed by atoms with van der Waals surface area (Å²) >= 11 is 0. The van der Waals surface area contributed by atoms with Gasteiger partial charge in [0.05, 0.1) is 13.2 Å². The molecule has 0 fully saturated rings. The van der Waals surface area contributed by atoms with E-state index in [1.54, 1.807) is 36.3 Å². The first-order chi connectivity index (χ1) is 8.26. The second kappa shape index (κ2) is 4.97. The minimum Gasteiger partial charge on any atom is -0.496 e. The predicted molar refractivity (Wildman–Crippen MR) is 62.4 cm³/mol. The number of methoxy groups -OCH3 is 1. The molecule has 1 aromatic carbocycles. The van der Waals surface area contributed by atoms with E-state index in [2.05, 4.69) is 5.10 Å². The quantitative estimate of drug-likeness (QED) is 0.875. The Balaban J connectivity index is 2.46. The molecule has 1 atom stereocenters. The van der Waals surface area contributed by atoms with Gasteiger partial charge in [0.1, 0.15) is 11.6 Å². The van der Waals surface area contributed by atoms with Gasteiger partial charge in [-0.1, -0.05) is 0 Å². The molecule has 0 aliphatic rings. The highest BCUT2D eigenvalue weighted by Gasteiger charge is 2.17. The highest BCUT2D eigenvalue weighted by Crippen LogP contribution is 2.27. The lowest BCUT2D eigenvalue weighted by Gasteiger charge is -2.18. The summed E-state index contributed by atoms with van der Waals surface area (Å²) in [5.41, 5.74) is 6.42. The van der Waals surface area contributed by atoms with Crippen LogP contribution in [0, 0.1) is 5.82 Å². The first kappa shape index (κ1) is 11.6. The Kier molecular flexibility index (Phi) is 3.39. The van der Waals surface area contributed by atoms with Crippen molar-refractivity contribution in [2.24, 2.45) is 5.73 Å². The van der Waals surface area contributed by atoms with Crippen molar-refractivity contribution in [2.75, 3.05) is 13.7 Å². The lowest BCUT2D eigenvalue weighted by molar-refractivity contribution is 0.396. The van der Waals surface area contributed by atoms with E-state index in [1.165, 1.54) is 12.1 Å². The molecule has 4 nitrogen and oxygen atoms in total. The SMILES string of the molecule is COc1ccc(F)cc1C(CN)n1cccn1. The molecule has 0 amide bonds. The lowest BCUT2D eigenvalue weighted by atomic mass is 10.1. The van der Waals surface area contributed by atoms with E-state index < -0.39 is 0 Å². The average molecular weight is 235 g/mol. The summed E-state index contributed by atoms with van der Waals surface area (Å²) in [6.45, 7) is 0.321. The number of hydrogen-bond acceptors (Lipinski definition) is 3. The van der Waals surface area contributed by atoms with Crippen LogP contribution in [0.5, 0.6) is 5.75 Å². The Labute approximate surface area is 98.8 Å². The van der Waals surface area contributed by atoms with Gasteiger partial charge >= 0.3 is 0 Å². The van der Waals surface area contributed by atoms with Crippen molar-refractivity contribution in [3.8, 4) is 5.75 Å². The van der Waals surface area contributed by atoms with E-state index in [-0.39, 0.29) is 11.9 Å². The van der Waals surface area contributed by atoms with Gasteiger partial charge in [-0.05, 0) is 24.3 Å². The van der Waals surface area contributed by atoms with E-state index >= 15 is 0 Å². The van der Waals surface area contributed by atoms with Crippen molar-refractivity contribution in [3.05, 3.63) is 48.0 Å². The van der Waals surface area contributed by atoms with Crippen molar-refractivity contribution in [1.29, 1.82) is 0 Å². The van der Waals surface area contributed by atoms with Gasteiger partial charge in [0.2, 0.25) is 0 Å². The second-order valence-electron chi connectivity index (χ2n) is 3.62. The summed E-state index contributed by atoms with van der Waals surface area (Å²) in [5, 5.41) is 4.13. The van der Waals surface area contributed by atoms with E-state index in [1.807, 2.05) is 0 Å². The molecular weight excluding hydrogens is 221 g/mol. The molecule has 90 valence electrons. The Morgan fingerprint density at radius 1 is 1.53 bits per heavy atom. The van der Waals surface area contributed by atoms with Gasteiger partial charge in [-0.3, -0.25) is 4.68 Å². The van der Waals surface area contributed by atoms with Gasteiger partial charge in [0.25, 0.3) is 0 Å². The van der Waals surface area contributed by atoms with Gasteiger partial charge in [-0.25, -0.2) is 4.39 Å². The monoisotopic (exact) mass is 235 g/mol. The van der Waals surface area contributed by atoms with Gasteiger partial charge < -0.3 is 10.5 Å². The molecule has 0 aliphatic carbocycles. The minimum atomic E-state index is -0.314. The van der Waals surface area contributed by atoms with E-state index in [0.29, 0.717) is 17.9 Å². The fourth-order valence-corrected chi connectivity index (χ4v) is 1.81. The van der Waals surface area contributed by atoms with Gasteiger partial charge in [-0.2, -0.15) is 5.10 Å². The number of ether oxygens (including phenoxy) is 1. The Hall–Kier alpha value is -1.88. The predicted octanol–water partition coefficient (Wildman–Crippen LogP) is 1.58. The number of halogens is 1. The molecule has 0 radical (unpaired) electrons. The first-order valence-electron chi connectivity index (χ1n) is 5.29. The standard InChI is InChI=1S/C12H14FN3O/c1-17-12-4-3-9(13)7-10(12)11(8-14)16-6-2-5-15-16/h2-7,11H,8,14H2,1H3. The fourth-order valence-electron chi connectivity index (χ4n) is 1.81. The van der Waals surface area contributed by atoms with Crippen molar-refractivity contribution in [2.45, 2.75) is 6.04 Å². The molecule has 1 unspecified atom stereocenters. The molecule has 5 heteroatoms. The van der Waals surface area contributed by atoms with Gasteiger partial charge in [-0.15, -0.1) is 0 Å². The maximum Gasteiger partial charge on any atom is 0.124 e. The molecule has 17 heavy (non-hydrogen) atoms. The van der Waals surface area contributed by atoms with Crippen LogP contribution < -0.4 is 10.5 Å². The number of rotatable bonds is 4. The summed E-state index contributed by atoms with van der Waals surface area (Å²) in [4.78, 5) is 0. The highest BCUT2D eigenvalue weighted by atomic mass is 19.1.